The Morgan fingerprint density at radius 3 is 2.65 bits per heavy atom. The van der Waals surface area contributed by atoms with Gasteiger partial charge in [-0.15, -0.1) is 0 Å². The third-order valence-electron chi connectivity index (χ3n) is 3.24. The predicted molar refractivity (Wildman–Crippen MR) is 78.7 cm³/mol. The largest absolute Gasteiger partial charge is 0.481 e. The van der Waals surface area contributed by atoms with Crippen molar-refractivity contribution in [3.63, 3.8) is 0 Å². The number of halogens is 2. The van der Waals surface area contributed by atoms with E-state index in [1.54, 1.807) is 29.0 Å². The number of nitrogens with one attached hydrogen (secondary N) is 1. The quantitative estimate of drug-likeness (QED) is 0.836. The zero-order valence-electron chi connectivity index (χ0n) is 12.0. The zero-order chi connectivity index (χ0) is 17.3. The first-order valence-corrected chi connectivity index (χ1v) is 8.01. The van der Waals surface area contributed by atoms with Gasteiger partial charge in [0.1, 0.15) is 10.4 Å². The van der Waals surface area contributed by atoms with Gasteiger partial charge in [0.15, 0.2) is 0 Å². The molecule has 0 spiro atoms. The number of carbonyl (C=O) groups is 1. The van der Waals surface area contributed by atoms with Crippen molar-refractivity contribution in [3.05, 3.63) is 36.5 Å². The summed E-state index contributed by atoms with van der Waals surface area (Å²) in [6, 6.07) is 8.00. The van der Waals surface area contributed by atoms with Gasteiger partial charge in [0.05, 0.1) is 11.9 Å². The van der Waals surface area contributed by atoms with Gasteiger partial charge >= 0.3 is 5.97 Å². The Bertz CT molecular complexity index is 842. The minimum Gasteiger partial charge on any atom is -0.481 e. The molecule has 1 atom stereocenters. The van der Waals surface area contributed by atoms with Gasteiger partial charge in [-0.1, -0.05) is 18.2 Å². The number of para-hydroxylation sites is 1. The molecule has 9 heteroatoms. The smallest absolute Gasteiger partial charge is 0.305 e. The molecule has 1 aromatic carbocycles. The molecule has 2 N–H and O–H groups in total. The van der Waals surface area contributed by atoms with E-state index in [4.69, 9.17) is 5.11 Å². The van der Waals surface area contributed by atoms with Crippen LogP contribution in [0.25, 0.3) is 10.9 Å². The number of alkyl halides is 2. The fraction of sp³-hybridized carbons (Fsp3) is 0.286. The normalized spacial score (nSPS) is 14.8. The zero-order valence-corrected chi connectivity index (χ0v) is 12.8. The minimum atomic E-state index is -4.36. The topological polar surface area (TPSA) is 96.4 Å². The standard InChI is InChI=1S/C14H14F2N2O4S/c1-14(13(15)16,7-12(19)20)18-23(21,22)10-6-9-4-2-3-5-11(9)17-8-10/h2-6,8,13,18H,7H2,1H3,(H,19,20). The van der Waals surface area contributed by atoms with Crippen LogP contribution >= 0.6 is 0 Å². The number of nitrogens with zero attached hydrogens (tertiary/aromatic N) is 1. The van der Waals surface area contributed by atoms with Gasteiger partial charge in [0.25, 0.3) is 6.43 Å². The van der Waals surface area contributed by atoms with Crippen molar-refractivity contribution in [2.45, 2.75) is 30.2 Å². The molecular formula is C14H14F2N2O4S. The van der Waals surface area contributed by atoms with E-state index in [0.717, 1.165) is 13.1 Å². The van der Waals surface area contributed by atoms with E-state index >= 15 is 0 Å². The molecule has 1 heterocycles. The lowest BCUT2D eigenvalue weighted by molar-refractivity contribution is -0.140. The van der Waals surface area contributed by atoms with Gasteiger partial charge in [-0.25, -0.2) is 17.2 Å². The number of benzene rings is 1. The first kappa shape index (κ1) is 17.2. The van der Waals surface area contributed by atoms with Crippen LogP contribution in [0.4, 0.5) is 8.78 Å². The van der Waals surface area contributed by atoms with Gasteiger partial charge in [0, 0.05) is 11.6 Å². The molecule has 0 fully saturated rings. The Balaban J connectivity index is 2.40. The number of pyridine rings is 1. The molecule has 6 nitrogen and oxygen atoms in total. The third-order valence-corrected chi connectivity index (χ3v) is 4.82. The van der Waals surface area contributed by atoms with Crippen molar-refractivity contribution in [2.24, 2.45) is 0 Å². The van der Waals surface area contributed by atoms with Crippen molar-refractivity contribution in [3.8, 4) is 0 Å². The molecule has 0 aliphatic carbocycles. The van der Waals surface area contributed by atoms with Crippen molar-refractivity contribution in [1.29, 1.82) is 0 Å². The van der Waals surface area contributed by atoms with Gasteiger partial charge in [-0.2, -0.15) is 4.72 Å². The molecule has 124 valence electrons. The summed E-state index contributed by atoms with van der Waals surface area (Å²) >= 11 is 0. The highest BCUT2D eigenvalue weighted by molar-refractivity contribution is 7.89. The highest BCUT2D eigenvalue weighted by Crippen LogP contribution is 2.24. The first-order valence-electron chi connectivity index (χ1n) is 6.53. The van der Waals surface area contributed by atoms with Gasteiger partial charge in [0.2, 0.25) is 10.0 Å². The van der Waals surface area contributed by atoms with Gasteiger partial charge in [-0.05, 0) is 19.1 Å². The highest BCUT2D eigenvalue weighted by Gasteiger charge is 2.41. The summed E-state index contributed by atoms with van der Waals surface area (Å²) < 4.78 is 52.7. The lowest BCUT2D eigenvalue weighted by Gasteiger charge is -2.27. The number of rotatable bonds is 6. The SMILES string of the molecule is CC(CC(=O)O)(NS(=O)(=O)c1cnc2ccccc2c1)C(F)F. The lowest BCUT2D eigenvalue weighted by atomic mass is 10.0. The molecule has 0 amide bonds. The van der Waals surface area contributed by atoms with E-state index in [1.165, 1.54) is 6.07 Å². The van der Waals surface area contributed by atoms with Crippen LogP contribution in [0.1, 0.15) is 13.3 Å². The molecule has 1 aromatic heterocycles. The molecule has 0 aliphatic rings. The second-order valence-corrected chi connectivity index (χ2v) is 6.94. The van der Waals surface area contributed by atoms with E-state index in [2.05, 4.69) is 4.98 Å². The Kier molecular flexibility index (Phi) is 4.62. The van der Waals surface area contributed by atoms with Crippen molar-refractivity contribution < 1.29 is 27.1 Å². The highest BCUT2D eigenvalue weighted by atomic mass is 32.2. The molecular weight excluding hydrogens is 330 g/mol. The number of aliphatic carboxylic acids is 1. The van der Waals surface area contributed by atoms with E-state index in [0.29, 0.717) is 10.9 Å². The van der Waals surface area contributed by atoms with Gasteiger partial charge in [-0.3, -0.25) is 9.78 Å². The van der Waals surface area contributed by atoms with Gasteiger partial charge < -0.3 is 5.11 Å². The Hall–Kier alpha value is -2.13. The number of carboxylic acid groups (broad SMARTS) is 1. The average molecular weight is 344 g/mol. The van der Waals surface area contributed by atoms with Crippen LogP contribution in [0.15, 0.2) is 41.4 Å². The maximum atomic E-state index is 13.1. The molecule has 2 rings (SSSR count). The van der Waals surface area contributed by atoms with E-state index in [-0.39, 0.29) is 4.90 Å². The molecule has 0 saturated carbocycles. The number of hydrogen-bond donors (Lipinski definition) is 2. The molecule has 0 bridgehead atoms. The Labute approximate surface area is 131 Å². The Morgan fingerprint density at radius 1 is 1.39 bits per heavy atom. The monoisotopic (exact) mass is 344 g/mol. The van der Waals surface area contributed by atoms with Crippen LogP contribution < -0.4 is 4.72 Å². The van der Waals surface area contributed by atoms with E-state index in [1.807, 2.05) is 0 Å². The number of aromatic nitrogens is 1. The number of carboxylic acids is 1. The third kappa shape index (κ3) is 3.80. The maximum absolute atomic E-state index is 13.1. The van der Waals surface area contributed by atoms with Crippen LogP contribution in [-0.4, -0.2) is 36.4 Å². The van der Waals surface area contributed by atoms with Crippen LogP contribution in [0.2, 0.25) is 0 Å². The molecule has 2 aromatic rings. The minimum absolute atomic E-state index is 0.312. The van der Waals surface area contributed by atoms with E-state index in [9.17, 15) is 22.0 Å². The lowest BCUT2D eigenvalue weighted by Crippen LogP contribution is -2.52. The molecule has 1 unspecified atom stereocenters. The molecule has 23 heavy (non-hydrogen) atoms. The van der Waals surface area contributed by atoms with E-state index < -0.39 is 34.4 Å². The number of hydrogen-bond acceptors (Lipinski definition) is 4. The summed E-state index contributed by atoms with van der Waals surface area (Å²) in [7, 11) is -4.36. The maximum Gasteiger partial charge on any atom is 0.305 e. The number of fused-ring (bicyclic) bond motifs is 1. The van der Waals surface area contributed by atoms with Crippen molar-refractivity contribution >= 4 is 26.9 Å². The van der Waals surface area contributed by atoms with Crippen LogP contribution in [0, 0.1) is 0 Å². The summed E-state index contributed by atoms with van der Waals surface area (Å²) in [5.41, 5.74) is -1.87. The second-order valence-electron chi connectivity index (χ2n) is 5.26. The Morgan fingerprint density at radius 2 is 2.04 bits per heavy atom. The first-order chi connectivity index (χ1) is 10.6. The van der Waals surface area contributed by atoms with Crippen LogP contribution in [0.3, 0.4) is 0 Å². The van der Waals surface area contributed by atoms with Crippen LogP contribution in [0.5, 0.6) is 0 Å². The van der Waals surface area contributed by atoms with Crippen LogP contribution in [-0.2, 0) is 14.8 Å². The van der Waals surface area contributed by atoms with Crippen molar-refractivity contribution in [2.75, 3.05) is 0 Å². The summed E-state index contributed by atoms with van der Waals surface area (Å²) in [4.78, 5) is 14.4. The number of sulfonamides is 1. The average Bonchev–Trinajstić information content (AvgIpc) is 2.45. The molecule has 0 saturated heterocycles. The summed E-state index contributed by atoms with van der Waals surface area (Å²) in [5, 5.41) is 9.25. The summed E-state index contributed by atoms with van der Waals surface area (Å²) in [6.07, 6.45) is -3.20. The predicted octanol–water partition coefficient (Wildman–Crippen LogP) is 2.01. The molecule has 0 aliphatic heterocycles. The summed E-state index contributed by atoms with van der Waals surface area (Å²) in [6.45, 7) is 0.845. The fourth-order valence-corrected chi connectivity index (χ4v) is 3.40. The molecule has 0 radical (unpaired) electrons. The summed E-state index contributed by atoms with van der Waals surface area (Å²) in [5.74, 6) is -1.54. The van der Waals surface area contributed by atoms with Crippen molar-refractivity contribution in [1.82, 2.24) is 9.71 Å². The second kappa shape index (κ2) is 6.17. The fourth-order valence-electron chi connectivity index (χ4n) is 2.04.